The Kier molecular flexibility index (Phi) is 10.4. The average Bonchev–Trinajstić information content (AvgIpc) is 3.30. The van der Waals surface area contributed by atoms with Gasteiger partial charge in [-0.1, -0.05) is 60.5 Å². The summed E-state index contributed by atoms with van der Waals surface area (Å²) in [6.45, 7) is 4.34. The Morgan fingerprint density at radius 2 is 1.73 bits per heavy atom. The predicted octanol–water partition coefficient (Wildman–Crippen LogP) is 4.99. The molecular weight excluding hydrogens is 545 g/mol. The van der Waals surface area contributed by atoms with E-state index in [4.69, 9.17) is 9.05 Å². The van der Waals surface area contributed by atoms with Crippen LogP contribution in [0.1, 0.15) is 57.9 Å². The number of rotatable bonds is 13. The molecule has 1 unspecified atom stereocenters. The number of hydrogen-bond donors (Lipinski definition) is 2. The van der Waals surface area contributed by atoms with Gasteiger partial charge in [0.1, 0.15) is 5.69 Å². The fourth-order valence-corrected chi connectivity index (χ4v) is 5.80. The molecule has 0 saturated heterocycles. The van der Waals surface area contributed by atoms with Crippen LogP contribution >= 0.6 is 7.82 Å². The summed E-state index contributed by atoms with van der Waals surface area (Å²) < 4.78 is 23.2. The number of unbranched alkanes of at least 4 members (excludes halogenated alkanes) is 3. The number of carbonyl (C=O) groups excluding carboxylic acids is 2. The molecule has 0 saturated carbocycles. The van der Waals surface area contributed by atoms with Crippen molar-refractivity contribution in [1.29, 1.82) is 0 Å². The molecule has 4 rings (SSSR count). The number of aryl methyl sites for hydroxylation is 1. The van der Waals surface area contributed by atoms with E-state index in [9.17, 15) is 19.0 Å². The van der Waals surface area contributed by atoms with Crippen molar-refractivity contribution in [3.05, 3.63) is 54.1 Å². The van der Waals surface area contributed by atoms with Crippen LogP contribution < -0.4 is 10.2 Å². The fraction of sp³-hybridized carbons (Fsp3) is 0.448. The maximum absolute atomic E-state index is 13.5. The largest absolute Gasteiger partial charge is 0.472 e. The lowest BCUT2D eigenvalue weighted by molar-refractivity contribution is -0.125. The molecular formula is C29H38N5O6P. The number of aromatic nitrogens is 3. The molecule has 11 nitrogen and oxygen atoms in total. The van der Waals surface area contributed by atoms with Crippen LogP contribution in [0.25, 0.3) is 22.5 Å². The van der Waals surface area contributed by atoms with Gasteiger partial charge in [-0.15, -0.1) is 5.10 Å². The quantitative estimate of drug-likeness (QED) is 0.212. The standard InChI is InChI=1S/C29H38N5O6P/c1-21(2)40-41(37,38)39-19-11-5-4-10-18-30-26(35)16-17-27(36)34-20-22-12-6-7-13-23(22)29-28(31-32-33(29)3)24-14-8-9-15-25(24)34/h6-9,12-15,21H,4-5,10-11,16-20H2,1-3H3,(H,30,35)(H,37,38). The van der Waals surface area contributed by atoms with Crippen LogP contribution in [0.15, 0.2) is 48.5 Å². The minimum atomic E-state index is -4.00. The van der Waals surface area contributed by atoms with Crippen LogP contribution in [-0.4, -0.2) is 51.0 Å². The van der Waals surface area contributed by atoms with Gasteiger partial charge in [-0.05, 0) is 38.3 Å². The number of para-hydroxylation sites is 1. The first-order valence-electron chi connectivity index (χ1n) is 14.0. The fourth-order valence-electron chi connectivity index (χ4n) is 4.85. The van der Waals surface area contributed by atoms with Crippen LogP contribution in [0, 0.1) is 0 Å². The first kappa shape index (κ1) is 30.6. The summed E-state index contributed by atoms with van der Waals surface area (Å²) in [7, 11) is -2.13. The van der Waals surface area contributed by atoms with E-state index in [-0.39, 0.29) is 31.3 Å². The molecule has 1 aliphatic heterocycles. The van der Waals surface area contributed by atoms with Crippen molar-refractivity contribution in [3.63, 3.8) is 0 Å². The van der Waals surface area contributed by atoms with Crippen molar-refractivity contribution in [1.82, 2.24) is 20.3 Å². The highest BCUT2D eigenvalue weighted by Gasteiger charge is 2.28. The van der Waals surface area contributed by atoms with Gasteiger partial charge < -0.3 is 15.1 Å². The summed E-state index contributed by atoms with van der Waals surface area (Å²) in [5.74, 6) is -0.317. The molecule has 220 valence electrons. The Balaban J connectivity index is 1.28. The molecule has 2 amide bonds. The second-order valence-electron chi connectivity index (χ2n) is 10.3. The van der Waals surface area contributed by atoms with Crippen molar-refractivity contribution in [2.75, 3.05) is 18.1 Å². The molecule has 0 aliphatic carbocycles. The van der Waals surface area contributed by atoms with Gasteiger partial charge >= 0.3 is 7.82 Å². The number of benzene rings is 2. The van der Waals surface area contributed by atoms with Crippen molar-refractivity contribution in [2.24, 2.45) is 7.05 Å². The zero-order valence-electron chi connectivity index (χ0n) is 23.8. The number of anilines is 1. The zero-order chi connectivity index (χ0) is 29.4. The Bertz CT molecular complexity index is 1410. The summed E-state index contributed by atoms with van der Waals surface area (Å²) in [5.41, 5.74) is 5.13. The molecule has 0 spiro atoms. The number of hydrogen-bond acceptors (Lipinski definition) is 7. The van der Waals surface area contributed by atoms with Crippen molar-refractivity contribution < 1.29 is 28.1 Å². The highest BCUT2D eigenvalue weighted by molar-refractivity contribution is 7.47. The third-order valence-corrected chi connectivity index (χ3v) is 7.93. The van der Waals surface area contributed by atoms with Gasteiger partial charge in [-0.3, -0.25) is 18.6 Å². The number of fused-ring (bicyclic) bond motifs is 5. The highest BCUT2D eigenvalue weighted by atomic mass is 31.2. The van der Waals surface area contributed by atoms with Gasteiger partial charge in [0.2, 0.25) is 11.8 Å². The van der Waals surface area contributed by atoms with Crippen LogP contribution in [0.3, 0.4) is 0 Å². The SMILES string of the molecule is CC(C)OP(=O)(O)OCCCCCCNC(=O)CCC(=O)N1Cc2ccccc2-c2c(nnn2C)-c2ccccc21. The second kappa shape index (κ2) is 14.0. The first-order valence-corrected chi connectivity index (χ1v) is 15.5. The summed E-state index contributed by atoms with van der Waals surface area (Å²) in [4.78, 5) is 37.3. The van der Waals surface area contributed by atoms with Gasteiger partial charge in [0.05, 0.1) is 30.6 Å². The molecule has 2 aromatic carbocycles. The zero-order valence-corrected chi connectivity index (χ0v) is 24.7. The Morgan fingerprint density at radius 1 is 1.02 bits per heavy atom. The Morgan fingerprint density at radius 3 is 2.51 bits per heavy atom. The molecule has 2 N–H and O–H groups in total. The van der Waals surface area contributed by atoms with E-state index in [2.05, 4.69) is 15.6 Å². The average molecular weight is 584 g/mol. The molecule has 0 fully saturated rings. The molecule has 41 heavy (non-hydrogen) atoms. The number of phosphoric acid groups is 1. The van der Waals surface area contributed by atoms with Gasteiger partial charge in [0.15, 0.2) is 0 Å². The maximum atomic E-state index is 13.5. The molecule has 1 aliphatic rings. The van der Waals surface area contributed by atoms with E-state index in [1.54, 1.807) is 23.4 Å². The molecule has 1 atom stereocenters. The summed E-state index contributed by atoms with van der Waals surface area (Å²) in [5, 5.41) is 11.6. The van der Waals surface area contributed by atoms with E-state index in [0.717, 1.165) is 47.3 Å². The Labute approximate surface area is 240 Å². The minimum absolute atomic E-state index is 0.0761. The number of amides is 2. The first-order chi connectivity index (χ1) is 19.7. The third-order valence-electron chi connectivity index (χ3n) is 6.74. The van der Waals surface area contributed by atoms with E-state index in [1.807, 2.05) is 55.6 Å². The number of phosphoric ester groups is 1. The minimum Gasteiger partial charge on any atom is -0.356 e. The van der Waals surface area contributed by atoms with E-state index >= 15 is 0 Å². The van der Waals surface area contributed by atoms with Crippen molar-refractivity contribution in [2.45, 2.75) is 65.0 Å². The normalized spacial score (nSPS) is 13.9. The molecule has 0 bridgehead atoms. The van der Waals surface area contributed by atoms with Gasteiger partial charge in [-0.2, -0.15) is 0 Å². The van der Waals surface area contributed by atoms with Gasteiger partial charge in [-0.25, -0.2) is 9.25 Å². The molecule has 0 radical (unpaired) electrons. The number of nitrogens with zero attached hydrogens (tertiary/aromatic N) is 4. The van der Waals surface area contributed by atoms with Crippen molar-refractivity contribution in [3.8, 4) is 22.5 Å². The van der Waals surface area contributed by atoms with Crippen LogP contribution in [-0.2, 0) is 36.8 Å². The van der Waals surface area contributed by atoms with Crippen LogP contribution in [0.4, 0.5) is 5.69 Å². The van der Waals surface area contributed by atoms with E-state index in [0.29, 0.717) is 25.2 Å². The second-order valence-corrected chi connectivity index (χ2v) is 11.7. The summed E-state index contributed by atoms with van der Waals surface area (Å²) in [6, 6.07) is 15.6. The molecule has 1 aromatic heterocycles. The molecule has 12 heteroatoms. The number of nitrogens with one attached hydrogen (secondary N) is 1. The molecule has 2 heterocycles. The lowest BCUT2D eigenvalue weighted by Gasteiger charge is -2.28. The smallest absolute Gasteiger partial charge is 0.356 e. The van der Waals surface area contributed by atoms with Crippen LogP contribution in [0.2, 0.25) is 0 Å². The molecule has 3 aromatic rings. The van der Waals surface area contributed by atoms with E-state index in [1.165, 1.54) is 0 Å². The van der Waals surface area contributed by atoms with E-state index < -0.39 is 13.9 Å². The Hall–Kier alpha value is -3.37. The highest BCUT2D eigenvalue weighted by Crippen LogP contribution is 2.44. The third kappa shape index (κ3) is 8.10. The lowest BCUT2D eigenvalue weighted by Crippen LogP contribution is -2.33. The lowest BCUT2D eigenvalue weighted by atomic mass is 9.95. The van der Waals surface area contributed by atoms with Crippen LogP contribution in [0.5, 0.6) is 0 Å². The van der Waals surface area contributed by atoms with Gasteiger partial charge in [0, 0.05) is 37.6 Å². The van der Waals surface area contributed by atoms with Crippen molar-refractivity contribution >= 4 is 25.3 Å². The van der Waals surface area contributed by atoms with Gasteiger partial charge in [0.25, 0.3) is 0 Å². The number of carbonyl (C=O) groups is 2. The topological polar surface area (TPSA) is 136 Å². The summed E-state index contributed by atoms with van der Waals surface area (Å²) >= 11 is 0. The maximum Gasteiger partial charge on any atom is 0.472 e. The summed E-state index contributed by atoms with van der Waals surface area (Å²) in [6.07, 6.45) is 2.77. The monoisotopic (exact) mass is 583 g/mol. The predicted molar refractivity (Wildman–Crippen MR) is 156 cm³/mol.